The summed E-state index contributed by atoms with van der Waals surface area (Å²) in [6.45, 7) is 7.38. The molecule has 0 spiro atoms. The van der Waals surface area contributed by atoms with E-state index in [-0.39, 0.29) is 23.8 Å². The Bertz CT molecular complexity index is 943. The van der Waals surface area contributed by atoms with Crippen molar-refractivity contribution < 1.29 is 9.59 Å². The first-order chi connectivity index (χ1) is 14.9. The molecule has 5 nitrogen and oxygen atoms in total. The molecule has 1 N–H and O–H groups in total. The number of aromatic nitrogens is 1. The maximum atomic E-state index is 13.5. The molecule has 2 amide bonds. The van der Waals surface area contributed by atoms with Gasteiger partial charge < -0.3 is 10.2 Å². The number of pyridine rings is 1. The Morgan fingerprint density at radius 2 is 1.90 bits per heavy atom. The maximum Gasteiger partial charge on any atom is 0.228 e. The molecule has 1 aromatic carbocycles. The monoisotopic (exact) mass is 419 g/mol. The number of rotatable bonds is 6. The highest BCUT2D eigenvalue weighted by molar-refractivity contribution is 5.87. The molecule has 4 rings (SSSR count). The standard InChI is InChI=1S/C26H33N3O2/c1-18(2)28-25(31)26(11-6-14-29(17-26)24(30)23-15-19(23)3)16-21-7-4-5-8-22(21)20-9-12-27-13-10-20/h4-5,7-10,12-13,18-19,23H,6,11,14-17H2,1-3H3,(H,28,31)/t19-,23-,26-/m0/s1. The van der Waals surface area contributed by atoms with E-state index in [1.165, 1.54) is 0 Å². The molecule has 5 heteroatoms. The summed E-state index contributed by atoms with van der Waals surface area (Å²) in [6.07, 6.45) is 6.84. The van der Waals surface area contributed by atoms with E-state index < -0.39 is 5.41 Å². The summed E-state index contributed by atoms with van der Waals surface area (Å²) >= 11 is 0. The highest BCUT2D eigenvalue weighted by atomic mass is 16.2. The van der Waals surface area contributed by atoms with Gasteiger partial charge in [-0.1, -0.05) is 31.2 Å². The Morgan fingerprint density at radius 3 is 2.58 bits per heavy atom. The lowest BCUT2D eigenvalue weighted by atomic mass is 9.73. The second-order valence-electron chi connectivity index (χ2n) is 9.66. The van der Waals surface area contributed by atoms with E-state index in [9.17, 15) is 9.59 Å². The molecule has 0 unspecified atom stereocenters. The second-order valence-corrected chi connectivity index (χ2v) is 9.66. The molecular formula is C26H33N3O2. The summed E-state index contributed by atoms with van der Waals surface area (Å²) in [6, 6.07) is 12.4. The van der Waals surface area contributed by atoms with Crippen molar-refractivity contribution in [3.8, 4) is 11.1 Å². The fourth-order valence-corrected chi connectivity index (χ4v) is 4.90. The molecule has 1 saturated carbocycles. The van der Waals surface area contributed by atoms with E-state index in [0.29, 0.717) is 18.9 Å². The van der Waals surface area contributed by atoms with E-state index in [4.69, 9.17) is 0 Å². The van der Waals surface area contributed by atoms with Crippen molar-refractivity contribution in [3.05, 3.63) is 54.4 Å². The lowest BCUT2D eigenvalue weighted by molar-refractivity contribution is -0.142. The zero-order chi connectivity index (χ0) is 22.0. The van der Waals surface area contributed by atoms with Crippen LogP contribution in [0.3, 0.4) is 0 Å². The molecule has 1 saturated heterocycles. The van der Waals surface area contributed by atoms with E-state index >= 15 is 0 Å². The molecule has 2 heterocycles. The minimum absolute atomic E-state index is 0.0633. The third-order valence-corrected chi connectivity index (χ3v) is 6.75. The van der Waals surface area contributed by atoms with Crippen molar-refractivity contribution in [2.45, 2.75) is 52.5 Å². The van der Waals surface area contributed by atoms with Gasteiger partial charge in [-0.25, -0.2) is 0 Å². The van der Waals surface area contributed by atoms with E-state index in [2.05, 4.69) is 29.4 Å². The minimum Gasteiger partial charge on any atom is -0.353 e. The van der Waals surface area contributed by atoms with Crippen LogP contribution in [-0.2, 0) is 16.0 Å². The molecule has 1 aliphatic heterocycles. The number of benzene rings is 1. The quantitative estimate of drug-likeness (QED) is 0.767. The van der Waals surface area contributed by atoms with Gasteiger partial charge in [0, 0.05) is 37.4 Å². The van der Waals surface area contributed by atoms with Crippen LogP contribution in [-0.4, -0.2) is 40.8 Å². The molecule has 0 bridgehead atoms. The van der Waals surface area contributed by atoms with Gasteiger partial charge >= 0.3 is 0 Å². The normalized spacial score (nSPS) is 25.4. The van der Waals surface area contributed by atoms with E-state index in [0.717, 1.165) is 42.5 Å². The van der Waals surface area contributed by atoms with Gasteiger partial charge in [0.15, 0.2) is 0 Å². The zero-order valence-corrected chi connectivity index (χ0v) is 18.8. The molecule has 0 radical (unpaired) electrons. The first kappa shape index (κ1) is 21.5. The molecule has 31 heavy (non-hydrogen) atoms. The van der Waals surface area contributed by atoms with Gasteiger partial charge in [-0.3, -0.25) is 14.6 Å². The topological polar surface area (TPSA) is 62.3 Å². The summed E-state index contributed by atoms with van der Waals surface area (Å²) in [5.41, 5.74) is 2.75. The van der Waals surface area contributed by atoms with Crippen molar-refractivity contribution in [3.63, 3.8) is 0 Å². The van der Waals surface area contributed by atoms with Gasteiger partial charge in [-0.15, -0.1) is 0 Å². The lowest BCUT2D eigenvalue weighted by Gasteiger charge is -2.42. The molecular weight excluding hydrogens is 386 g/mol. The van der Waals surface area contributed by atoms with Gasteiger partial charge in [-0.05, 0) is 74.3 Å². The van der Waals surface area contributed by atoms with Crippen LogP contribution in [0.4, 0.5) is 0 Å². The Hall–Kier alpha value is -2.69. The van der Waals surface area contributed by atoms with Crippen LogP contribution >= 0.6 is 0 Å². The molecule has 2 fully saturated rings. The number of likely N-dealkylation sites (tertiary alicyclic amines) is 1. The number of nitrogens with one attached hydrogen (secondary N) is 1. The summed E-state index contributed by atoms with van der Waals surface area (Å²) in [4.78, 5) is 32.7. The predicted octanol–water partition coefficient (Wildman–Crippen LogP) is 4.08. The Balaban J connectivity index is 1.67. The zero-order valence-electron chi connectivity index (χ0n) is 18.8. The third kappa shape index (κ3) is 4.65. The van der Waals surface area contributed by atoms with Crippen LogP contribution in [0.25, 0.3) is 11.1 Å². The number of carbonyl (C=O) groups is 2. The Kier molecular flexibility index (Phi) is 6.12. The summed E-state index contributed by atoms with van der Waals surface area (Å²) in [5.74, 6) is 0.915. The molecule has 1 aromatic heterocycles. The minimum atomic E-state index is -0.612. The number of nitrogens with zero attached hydrogens (tertiary/aromatic N) is 2. The van der Waals surface area contributed by atoms with Crippen molar-refractivity contribution in [2.24, 2.45) is 17.3 Å². The van der Waals surface area contributed by atoms with Gasteiger partial charge in [0.2, 0.25) is 11.8 Å². The van der Waals surface area contributed by atoms with Crippen molar-refractivity contribution in [2.75, 3.05) is 13.1 Å². The third-order valence-electron chi connectivity index (χ3n) is 6.75. The summed E-state index contributed by atoms with van der Waals surface area (Å²) < 4.78 is 0. The van der Waals surface area contributed by atoms with E-state index in [1.54, 1.807) is 12.4 Å². The molecule has 2 aliphatic rings. The predicted molar refractivity (Wildman–Crippen MR) is 122 cm³/mol. The van der Waals surface area contributed by atoms with Gasteiger partial charge in [0.25, 0.3) is 0 Å². The Labute approximate surface area is 185 Å². The second kappa shape index (κ2) is 8.81. The largest absolute Gasteiger partial charge is 0.353 e. The number of hydrogen-bond donors (Lipinski definition) is 1. The first-order valence-corrected chi connectivity index (χ1v) is 11.5. The first-order valence-electron chi connectivity index (χ1n) is 11.5. The summed E-state index contributed by atoms with van der Waals surface area (Å²) in [7, 11) is 0. The smallest absolute Gasteiger partial charge is 0.228 e. The average Bonchev–Trinajstić information content (AvgIpc) is 3.50. The highest BCUT2D eigenvalue weighted by Gasteiger charge is 2.48. The maximum absolute atomic E-state index is 13.5. The van der Waals surface area contributed by atoms with Crippen LogP contribution in [0.1, 0.15) is 45.6 Å². The SMILES string of the molecule is CC(C)NC(=O)[C@]1(Cc2ccccc2-c2ccncc2)CCCN(C(=O)[C@H]2C[C@@H]2C)C1. The molecule has 3 atom stereocenters. The fourth-order valence-electron chi connectivity index (χ4n) is 4.90. The summed E-state index contributed by atoms with van der Waals surface area (Å²) in [5, 5.41) is 3.16. The number of piperidine rings is 1. The number of carbonyl (C=O) groups excluding carboxylic acids is 2. The van der Waals surface area contributed by atoms with Crippen molar-refractivity contribution in [1.29, 1.82) is 0 Å². The van der Waals surface area contributed by atoms with Crippen LogP contribution in [0.5, 0.6) is 0 Å². The van der Waals surface area contributed by atoms with Gasteiger partial charge in [-0.2, -0.15) is 0 Å². The van der Waals surface area contributed by atoms with Crippen LogP contribution in [0.2, 0.25) is 0 Å². The van der Waals surface area contributed by atoms with Gasteiger partial charge in [0.05, 0.1) is 5.41 Å². The number of amides is 2. The molecule has 2 aromatic rings. The lowest BCUT2D eigenvalue weighted by Crippen LogP contribution is -2.55. The average molecular weight is 420 g/mol. The Morgan fingerprint density at radius 1 is 1.19 bits per heavy atom. The van der Waals surface area contributed by atoms with Crippen molar-refractivity contribution in [1.82, 2.24) is 15.2 Å². The van der Waals surface area contributed by atoms with Crippen LogP contribution < -0.4 is 5.32 Å². The number of hydrogen-bond acceptors (Lipinski definition) is 3. The van der Waals surface area contributed by atoms with E-state index in [1.807, 2.05) is 43.0 Å². The van der Waals surface area contributed by atoms with Crippen molar-refractivity contribution >= 4 is 11.8 Å². The van der Waals surface area contributed by atoms with Crippen LogP contribution in [0.15, 0.2) is 48.8 Å². The molecule has 164 valence electrons. The highest BCUT2D eigenvalue weighted by Crippen LogP contribution is 2.42. The fraction of sp³-hybridized carbons (Fsp3) is 0.500. The molecule has 1 aliphatic carbocycles. The van der Waals surface area contributed by atoms with Crippen LogP contribution in [0, 0.1) is 17.3 Å². The van der Waals surface area contributed by atoms with Gasteiger partial charge in [0.1, 0.15) is 0 Å².